The lowest BCUT2D eigenvalue weighted by molar-refractivity contribution is 0.0521. The Morgan fingerprint density at radius 1 is 1.50 bits per heavy atom. The van der Waals surface area contributed by atoms with Gasteiger partial charge in [0.25, 0.3) is 0 Å². The maximum absolute atomic E-state index is 5.10. The third kappa shape index (κ3) is 1.00. The minimum absolute atomic E-state index is 0.777. The van der Waals surface area contributed by atoms with Gasteiger partial charge in [0.2, 0.25) is 0 Å². The van der Waals surface area contributed by atoms with Crippen LogP contribution in [-0.2, 0) is 4.84 Å². The van der Waals surface area contributed by atoms with Crippen molar-refractivity contribution in [3.05, 3.63) is 23.3 Å². The molecule has 10 heavy (non-hydrogen) atoms. The number of rotatable bonds is 0. The van der Waals surface area contributed by atoms with Gasteiger partial charge >= 0.3 is 0 Å². The minimum Gasteiger partial charge on any atom is -0.297 e. The van der Waals surface area contributed by atoms with E-state index in [4.69, 9.17) is 4.84 Å². The van der Waals surface area contributed by atoms with Crippen molar-refractivity contribution in [2.75, 3.05) is 13.2 Å². The molecule has 0 atom stereocenters. The summed E-state index contributed by atoms with van der Waals surface area (Å²) in [5.41, 5.74) is 5.78. The zero-order valence-electron chi connectivity index (χ0n) is 5.89. The Kier molecular flexibility index (Phi) is 1.57. The Bertz CT molecular complexity index is 193. The van der Waals surface area contributed by atoms with Crippen LogP contribution in [0.1, 0.15) is 12.8 Å². The van der Waals surface area contributed by atoms with E-state index in [1.54, 1.807) is 0 Å². The first-order valence-electron chi connectivity index (χ1n) is 3.69. The maximum atomic E-state index is 5.10. The Hall–Kier alpha value is -0.600. The van der Waals surface area contributed by atoms with Gasteiger partial charge in [0.1, 0.15) is 0 Å². The molecule has 0 aromatic rings. The highest BCUT2D eigenvalue weighted by molar-refractivity contribution is 5.31. The van der Waals surface area contributed by atoms with Crippen LogP contribution in [0.15, 0.2) is 23.3 Å². The Morgan fingerprint density at radius 3 is 3.40 bits per heavy atom. The molecule has 0 saturated heterocycles. The number of allylic oxidation sites excluding steroid dienone is 1. The molecule has 2 nitrogen and oxygen atoms in total. The molecule has 0 fully saturated rings. The van der Waals surface area contributed by atoms with Crippen molar-refractivity contribution in [2.45, 2.75) is 12.8 Å². The van der Waals surface area contributed by atoms with Gasteiger partial charge in [0.05, 0.1) is 6.61 Å². The van der Waals surface area contributed by atoms with Crippen molar-refractivity contribution in [1.82, 2.24) is 5.48 Å². The molecule has 0 bridgehead atoms. The number of hydrogen-bond acceptors (Lipinski definition) is 2. The molecular weight excluding hydrogens is 126 g/mol. The van der Waals surface area contributed by atoms with Crippen LogP contribution in [0.25, 0.3) is 0 Å². The summed E-state index contributed by atoms with van der Waals surface area (Å²) < 4.78 is 0. The predicted octanol–water partition coefficient (Wildman–Crippen LogP) is 1.17. The summed E-state index contributed by atoms with van der Waals surface area (Å²) in [6.45, 7) is 1.66. The van der Waals surface area contributed by atoms with Crippen molar-refractivity contribution < 1.29 is 4.84 Å². The van der Waals surface area contributed by atoms with Gasteiger partial charge in [-0.3, -0.25) is 4.84 Å². The second-order valence-electron chi connectivity index (χ2n) is 2.68. The summed E-state index contributed by atoms with van der Waals surface area (Å²) in [6.07, 6.45) is 6.80. The molecule has 1 aliphatic carbocycles. The molecule has 0 aromatic carbocycles. The lowest BCUT2D eigenvalue weighted by atomic mass is 9.98. The fourth-order valence-corrected chi connectivity index (χ4v) is 1.38. The Morgan fingerprint density at radius 2 is 2.50 bits per heavy atom. The lowest BCUT2D eigenvalue weighted by Crippen LogP contribution is -2.26. The van der Waals surface area contributed by atoms with Gasteiger partial charge in [-0.05, 0) is 24.0 Å². The van der Waals surface area contributed by atoms with Crippen LogP contribution in [0.5, 0.6) is 0 Å². The number of hydrogen-bond donors (Lipinski definition) is 1. The molecule has 1 aliphatic heterocycles. The molecule has 2 rings (SSSR count). The van der Waals surface area contributed by atoms with Crippen LogP contribution >= 0.6 is 0 Å². The molecule has 54 valence electrons. The Balaban J connectivity index is 2.23. The van der Waals surface area contributed by atoms with Gasteiger partial charge in [-0.15, -0.1) is 0 Å². The lowest BCUT2D eigenvalue weighted by Gasteiger charge is -2.21. The third-order valence-corrected chi connectivity index (χ3v) is 2.00. The first-order valence-corrected chi connectivity index (χ1v) is 3.69. The smallest absolute Gasteiger partial charge is 0.0899 e. The number of hydroxylamine groups is 1. The largest absolute Gasteiger partial charge is 0.297 e. The molecule has 0 saturated carbocycles. The monoisotopic (exact) mass is 137 g/mol. The van der Waals surface area contributed by atoms with E-state index in [-0.39, 0.29) is 0 Å². The van der Waals surface area contributed by atoms with Crippen molar-refractivity contribution in [3.63, 3.8) is 0 Å². The van der Waals surface area contributed by atoms with Crippen molar-refractivity contribution >= 4 is 0 Å². The van der Waals surface area contributed by atoms with E-state index in [9.17, 15) is 0 Å². The van der Waals surface area contributed by atoms with Gasteiger partial charge in [0.15, 0.2) is 0 Å². The summed E-state index contributed by atoms with van der Waals surface area (Å²) in [4.78, 5) is 5.10. The van der Waals surface area contributed by atoms with Crippen molar-refractivity contribution in [2.24, 2.45) is 0 Å². The van der Waals surface area contributed by atoms with Crippen LogP contribution in [-0.4, -0.2) is 13.2 Å². The topological polar surface area (TPSA) is 21.3 Å². The molecule has 2 aliphatic rings. The van der Waals surface area contributed by atoms with E-state index in [1.165, 1.54) is 24.0 Å². The average molecular weight is 137 g/mol. The highest BCUT2D eigenvalue weighted by atomic mass is 16.6. The van der Waals surface area contributed by atoms with Crippen molar-refractivity contribution in [3.8, 4) is 0 Å². The fourth-order valence-electron chi connectivity index (χ4n) is 1.38. The van der Waals surface area contributed by atoms with Crippen LogP contribution in [0.4, 0.5) is 0 Å². The summed E-state index contributed by atoms with van der Waals surface area (Å²) in [7, 11) is 0. The molecular formula is C8H11NO. The van der Waals surface area contributed by atoms with Crippen LogP contribution in [0.2, 0.25) is 0 Å². The van der Waals surface area contributed by atoms with Gasteiger partial charge in [0, 0.05) is 6.54 Å². The Labute approximate surface area is 60.5 Å². The van der Waals surface area contributed by atoms with E-state index in [0.717, 1.165) is 13.2 Å². The predicted molar refractivity (Wildman–Crippen MR) is 39.4 cm³/mol. The standard InChI is InChI=1S/C8H11NO/c1-2-4-8-6-10-9-5-7(8)3-1/h1,3,9H,2,4-6H2. The molecule has 1 N–H and O–H groups in total. The van der Waals surface area contributed by atoms with E-state index >= 15 is 0 Å². The highest BCUT2D eigenvalue weighted by Gasteiger charge is 2.11. The highest BCUT2D eigenvalue weighted by Crippen LogP contribution is 2.20. The van der Waals surface area contributed by atoms with Crippen LogP contribution in [0.3, 0.4) is 0 Å². The number of nitrogens with one attached hydrogen (secondary N) is 1. The summed E-state index contributed by atoms with van der Waals surface area (Å²) >= 11 is 0. The molecule has 0 radical (unpaired) electrons. The molecule has 0 aromatic heterocycles. The first kappa shape index (κ1) is 6.13. The van der Waals surface area contributed by atoms with Crippen LogP contribution in [0, 0.1) is 0 Å². The van der Waals surface area contributed by atoms with Crippen LogP contribution < -0.4 is 5.48 Å². The average Bonchev–Trinajstić information content (AvgIpc) is 2.05. The van der Waals surface area contributed by atoms with E-state index in [0.29, 0.717) is 0 Å². The van der Waals surface area contributed by atoms with Gasteiger partial charge in [-0.1, -0.05) is 12.2 Å². The summed E-state index contributed by atoms with van der Waals surface area (Å²) in [5.74, 6) is 0. The molecule has 0 amide bonds. The fraction of sp³-hybridized carbons (Fsp3) is 0.500. The zero-order chi connectivity index (χ0) is 6.81. The molecule has 0 spiro atoms. The molecule has 0 unspecified atom stereocenters. The normalized spacial score (nSPS) is 24.8. The third-order valence-electron chi connectivity index (χ3n) is 2.00. The van der Waals surface area contributed by atoms with E-state index < -0.39 is 0 Å². The SMILES string of the molecule is C1=CC2=C(CC1)CONC2. The molecule has 1 heterocycles. The zero-order valence-corrected chi connectivity index (χ0v) is 5.89. The van der Waals surface area contributed by atoms with Crippen molar-refractivity contribution in [1.29, 1.82) is 0 Å². The molecule has 2 heteroatoms. The first-order chi connectivity index (χ1) is 4.97. The van der Waals surface area contributed by atoms with Gasteiger partial charge in [-0.25, -0.2) is 0 Å². The van der Waals surface area contributed by atoms with E-state index in [1.807, 2.05) is 0 Å². The van der Waals surface area contributed by atoms with Gasteiger partial charge < -0.3 is 0 Å². The van der Waals surface area contributed by atoms with E-state index in [2.05, 4.69) is 17.6 Å². The second-order valence-corrected chi connectivity index (χ2v) is 2.68. The second kappa shape index (κ2) is 2.56. The maximum Gasteiger partial charge on any atom is 0.0899 e. The summed E-state index contributed by atoms with van der Waals surface area (Å²) in [6, 6.07) is 0. The van der Waals surface area contributed by atoms with Gasteiger partial charge in [-0.2, -0.15) is 5.48 Å². The summed E-state index contributed by atoms with van der Waals surface area (Å²) in [5, 5.41) is 0. The minimum atomic E-state index is 0.777. The quantitative estimate of drug-likeness (QED) is 0.541.